The normalized spacial score (nSPS) is 17.4. The van der Waals surface area contributed by atoms with Gasteiger partial charge in [-0.15, -0.1) is 0 Å². The van der Waals surface area contributed by atoms with Crippen LogP contribution in [0.25, 0.3) is 0 Å². The van der Waals surface area contributed by atoms with Crippen molar-refractivity contribution in [3.8, 4) is 11.5 Å². The molecule has 3 aromatic carbocycles. The molecule has 1 amide bonds. The molecule has 11 heteroatoms. The molecule has 8 nitrogen and oxygen atoms in total. The Bertz CT molecular complexity index is 1550. The molecule has 1 fully saturated rings. The summed E-state index contributed by atoms with van der Waals surface area (Å²) in [4.78, 5) is 25.2. The van der Waals surface area contributed by atoms with E-state index >= 15 is 0 Å². The molecule has 0 spiro atoms. The third-order valence-electron chi connectivity index (χ3n) is 9.32. The molecule has 3 atom stereocenters. The fraction of sp³-hybridized carbons (Fsp3) is 0.474. The molecule has 0 bridgehead atoms. The lowest BCUT2D eigenvalue weighted by Gasteiger charge is -2.25. The highest BCUT2D eigenvalue weighted by Gasteiger charge is 2.36. The number of thioether (sulfide) groups is 1. The van der Waals surface area contributed by atoms with Gasteiger partial charge in [-0.3, -0.25) is 9.69 Å². The average Bonchev–Trinajstić information content (AvgIpc) is 3.75. The van der Waals surface area contributed by atoms with Crippen molar-refractivity contribution in [2.75, 3.05) is 45.2 Å². The van der Waals surface area contributed by atoms with E-state index in [0.717, 1.165) is 84.8 Å². The van der Waals surface area contributed by atoms with Crippen LogP contribution >= 0.6 is 23.4 Å². The Morgan fingerprint density at radius 1 is 1.08 bits per heavy atom. The number of methoxy groups -OCH3 is 1. The topological polar surface area (TPSA) is 97.3 Å². The number of fused-ring (bicyclic) bond motifs is 1. The summed E-state index contributed by atoms with van der Waals surface area (Å²) >= 11 is 7.16. The summed E-state index contributed by atoms with van der Waals surface area (Å²) in [5, 5.41) is 10.8. The Kier molecular flexibility index (Phi) is 14.6. The highest BCUT2D eigenvalue weighted by atomic mass is 35.5. The molecule has 5 rings (SSSR count). The number of carbonyl (C=O) groups is 2. The minimum Gasteiger partial charge on any atom is -0.473 e. The molecule has 0 saturated carbocycles. The maximum absolute atomic E-state index is 14.9. The monoisotopic (exact) mass is 714 g/mol. The van der Waals surface area contributed by atoms with Crippen molar-refractivity contribution < 1.29 is 33.3 Å². The third kappa shape index (κ3) is 10.1. The van der Waals surface area contributed by atoms with Gasteiger partial charge in [0.05, 0.1) is 6.54 Å². The van der Waals surface area contributed by atoms with Crippen LogP contribution in [0.1, 0.15) is 92.1 Å². The van der Waals surface area contributed by atoms with Crippen LogP contribution in [0.5, 0.6) is 11.5 Å². The van der Waals surface area contributed by atoms with Crippen LogP contribution in [0.4, 0.5) is 14.9 Å². The number of ether oxygens (including phenoxy) is 3. The summed E-state index contributed by atoms with van der Waals surface area (Å²) in [6, 6.07) is 16.2. The maximum atomic E-state index is 14.9. The highest BCUT2D eigenvalue weighted by Crippen LogP contribution is 2.44. The van der Waals surface area contributed by atoms with Crippen LogP contribution in [-0.2, 0) is 22.4 Å². The van der Waals surface area contributed by atoms with Gasteiger partial charge in [0.15, 0.2) is 11.6 Å². The zero-order valence-corrected chi connectivity index (χ0v) is 30.6. The van der Waals surface area contributed by atoms with Crippen molar-refractivity contribution in [1.82, 2.24) is 4.90 Å². The molecule has 49 heavy (non-hydrogen) atoms. The van der Waals surface area contributed by atoms with Gasteiger partial charge in [-0.05, 0) is 120 Å². The second kappa shape index (κ2) is 18.6. The number of nitrogens with one attached hydrogen (secondary N) is 1. The number of amides is 1. The van der Waals surface area contributed by atoms with Crippen molar-refractivity contribution in [3.63, 3.8) is 0 Å². The summed E-state index contributed by atoms with van der Waals surface area (Å²) in [5.74, 6) is 0.648. The summed E-state index contributed by atoms with van der Waals surface area (Å²) in [7, 11) is 1.75. The molecule has 2 N–H and O–H groups in total. The lowest BCUT2D eigenvalue weighted by molar-refractivity contribution is -0.117. The largest absolute Gasteiger partial charge is 0.473 e. The molecule has 2 heterocycles. The number of hydrogen-bond donors (Lipinski definition) is 2. The van der Waals surface area contributed by atoms with E-state index in [-0.39, 0.29) is 37.0 Å². The van der Waals surface area contributed by atoms with Crippen molar-refractivity contribution in [1.29, 1.82) is 0 Å². The molecule has 3 unspecified atom stereocenters. The average molecular weight is 715 g/mol. The first-order valence-corrected chi connectivity index (χ1v) is 18.5. The smallest absolute Gasteiger partial charge is 0.364 e. The molecule has 0 aliphatic carbocycles. The zero-order chi connectivity index (χ0) is 35.5. The van der Waals surface area contributed by atoms with Crippen molar-refractivity contribution in [3.05, 3.63) is 87.2 Å². The molecule has 3 aromatic rings. The Hall–Kier alpha value is -3.31. The Labute approximate surface area is 298 Å². The maximum Gasteiger partial charge on any atom is 0.364 e. The van der Waals surface area contributed by atoms with Gasteiger partial charge in [0.1, 0.15) is 0 Å². The number of aryl methyl sites for hydroxylation is 2. The molecular formula is C38H48ClFN2O6S. The minimum atomic E-state index is -0.829. The number of hydrogen-bond acceptors (Lipinski definition) is 7. The molecule has 0 aromatic heterocycles. The number of carbonyl (C=O) groups excluding carboxylic acids is 1. The molecule has 0 radical (unpaired) electrons. The van der Waals surface area contributed by atoms with Crippen LogP contribution in [0.3, 0.4) is 0 Å². The summed E-state index contributed by atoms with van der Waals surface area (Å²) in [5.41, 5.74) is 6.26. The van der Waals surface area contributed by atoms with Crippen molar-refractivity contribution >= 4 is 40.3 Å². The first kappa shape index (κ1) is 38.5. The number of nitrogens with zero attached hydrogens (tertiary/aromatic N) is 1. The van der Waals surface area contributed by atoms with E-state index in [4.69, 9.17) is 30.9 Å². The summed E-state index contributed by atoms with van der Waals surface area (Å²) in [6.45, 7) is 8.00. The van der Waals surface area contributed by atoms with Crippen LogP contribution < -0.4 is 14.8 Å². The first-order valence-electron chi connectivity index (χ1n) is 16.9. The standard InChI is InChI=1S/C36H44ClFN2O4.C2H4O2S/c1-5-23(9-8-14-42-4)26-10-12-27(13-11-26)32-18-29(28-17-31(38)36-33(19-28)43-22-44-36)20-40(32)21-34(41)39-35-24(6-2)15-30(37)16-25(35)7-3;1-5-2(3)4/h10-13,15-17,19,23,29,32H,5-9,14,18,20-22H2,1-4H3,(H,39,41);1H3,(H,3,4). The van der Waals surface area contributed by atoms with Crippen LogP contribution in [-0.4, -0.2) is 61.1 Å². The van der Waals surface area contributed by atoms with E-state index < -0.39 is 11.1 Å². The van der Waals surface area contributed by atoms with Crippen LogP contribution in [0.2, 0.25) is 5.02 Å². The third-order valence-corrected chi connectivity index (χ3v) is 9.89. The van der Waals surface area contributed by atoms with Gasteiger partial charge in [-0.2, -0.15) is 0 Å². The van der Waals surface area contributed by atoms with E-state index in [1.807, 2.05) is 18.2 Å². The second-order valence-electron chi connectivity index (χ2n) is 12.3. The number of benzene rings is 3. The van der Waals surface area contributed by atoms with Gasteiger partial charge in [0, 0.05) is 37.0 Å². The number of likely N-dealkylation sites (tertiary alicyclic amines) is 1. The molecule has 2 aliphatic heterocycles. The number of rotatable bonds is 13. The number of anilines is 1. The van der Waals surface area contributed by atoms with Gasteiger partial charge >= 0.3 is 5.30 Å². The van der Waals surface area contributed by atoms with Gasteiger partial charge in [-0.1, -0.05) is 56.6 Å². The highest BCUT2D eigenvalue weighted by molar-refractivity contribution is 8.12. The van der Waals surface area contributed by atoms with Crippen molar-refractivity contribution in [2.24, 2.45) is 0 Å². The number of halogens is 2. The lowest BCUT2D eigenvalue weighted by atomic mass is 9.89. The van der Waals surface area contributed by atoms with E-state index in [1.165, 1.54) is 11.8 Å². The van der Waals surface area contributed by atoms with Crippen LogP contribution in [0.15, 0.2) is 48.5 Å². The van der Waals surface area contributed by atoms with E-state index in [9.17, 15) is 14.0 Å². The van der Waals surface area contributed by atoms with Crippen LogP contribution in [0, 0.1) is 5.82 Å². The Balaban J connectivity index is 0.00000101. The van der Waals surface area contributed by atoms with E-state index in [0.29, 0.717) is 23.2 Å². The van der Waals surface area contributed by atoms with Crippen molar-refractivity contribution in [2.45, 2.75) is 77.2 Å². The number of carboxylic acid groups (broad SMARTS) is 1. The first-order chi connectivity index (χ1) is 23.6. The zero-order valence-electron chi connectivity index (χ0n) is 29.0. The quantitative estimate of drug-likeness (QED) is 0.169. The summed E-state index contributed by atoms with van der Waals surface area (Å²) in [6.07, 6.45) is 7.00. The van der Waals surface area contributed by atoms with Gasteiger partial charge in [-0.25, -0.2) is 9.18 Å². The fourth-order valence-corrected chi connectivity index (χ4v) is 7.03. The minimum absolute atomic E-state index is 0.00311. The Morgan fingerprint density at radius 3 is 2.35 bits per heavy atom. The summed E-state index contributed by atoms with van der Waals surface area (Å²) < 4.78 is 31.0. The molecular weight excluding hydrogens is 667 g/mol. The molecule has 266 valence electrons. The van der Waals surface area contributed by atoms with E-state index in [1.54, 1.807) is 13.2 Å². The second-order valence-corrected chi connectivity index (χ2v) is 13.5. The van der Waals surface area contributed by atoms with Gasteiger partial charge < -0.3 is 24.6 Å². The predicted octanol–water partition coefficient (Wildman–Crippen LogP) is 9.45. The molecule has 2 aliphatic rings. The SMILES string of the molecule is CCc1cc(Cl)cc(CC)c1NC(=O)CN1CC(c2cc(F)c3c(c2)OCO3)CC1c1ccc(C(CC)CCCOC)cc1.CSC(=O)O. The van der Waals surface area contributed by atoms with E-state index in [2.05, 4.69) is 55.3 Å². The lowest BCUT2D eigenvalue weighted by Crippen LogP contribution is -2.33. The predicted molar refractivity (Wildman–Crippen MR) is 195 cm³/mol. The molecule has 1 saturated heterocycles. The van der Waals surface area contributed by atoms with Gasteiger partial charge in [0.2, 0.25) is 18.4 Å². The van der Waals surface area contributed by atoms with Gasteiger partial charge in [0.25, 0.3) is 0 Å². The fourth-order valence-electron chi connectivity index (χ4n) is 6.77. The Morgan fingerprint density at radius 2 is 1.76 bits per heavy atom.